The van der Waals surface area contributed by atoms with Crippen molar-refractivity contribution < 1.29 is 12.4 Å². The maximum absolute atomic E-state index is 8.49. The third kappa shape index (κ3) is 2.92. The Morgan fingerprint density at radius 2 is 2.15 bits per heavy atom. The lowest BCUT2D eigenvalue weighted by molar-refractivity contribution is -0.00000280. The molecule has 0 amide bonds. The van der Waals surface area contributed by atoms with Gasteiger partial charge in [-0.3, -0.25) is 0 Å². The van der Waals surface area contributed by atoms with Crippen molar-refractivity contribution in [2.24, 2.45) is 0 Å². The molecule has 1 rings (SSSR count). The summed E-state index contributed by atoms with van der Waals surface area (Å²) in [6.07, 6.45) is 0. The number of halogens is 1. The molecule has 0 unspecified atom stereocenters. The molecule has 0 saturated carbocycles. The van der Waals surface area contributed by atoms with Gasteiger partial charge in [-0.2, -0.15) is 0 Å². The van der Waals surface area contributed by atoms with Crippen molar-refractivity contribution in [3.63, 3.8) is 0 Å². The lowest BCUT2D eigenvalue weighted by atomic mass is 10.2. The zero-order valence-electron chi connectivity index (χ0n) is 7.71. The Hall–Kier alpha value is -1.27. The fraction of sp³-hybridized carbons (Fsp3) is 0.333. The molecule has 0 radical (unpaired) electrons. The van der Waals surface area contributed by atoms with Gasteiger partial charge in [-0.05, 0) is 25.5 Å². The molecule has 1 aromatic carbocycles. The van der Waals surface area contributed by atoms with Gasteiger partial charge in [0.05, 0.1) is 0 Å². The van der Waals surface area contributed by atoms with Crippen molar-refractivity contribution in [2.45, 2.75) is 13.8 Å². The van der Waals surface area contributed by atoms with Crippen LogP contribution in [0.1, 0.15) is 12.5 Å². The number of aryl methyl sites for hydroxylation is 1. The maximum atomic E-state index is 8.49. The Morgan fingerprint density at radius 3 is 2.62 bits per heavy atom. The van der Waals surface area contributed by atoms with E-state index in [2.05, 4.69) is 10.3 Å². The first kappa shape index (κ1) is 11.7. The van der Waals surface area contributed by atoms with Gasteiger partial charge in [0.25, 0.3) is 0 Å². The average Bonchev–Trinajstić information content (AvgIpc) is 2.09. The zero-order valence-corrected chi connectivity index (χ0v) is 8.47. The van der Waals surface area contributed by atoms with Crippen LogP contribution in [0.4, 0.5) is 11.4 Å². The largest absolute Gasteiger partial charge is 1.00 e. The number of rotatable bonds is 2. The SMILES string of the molecule is CCNc1ccc([N+]#N)cc1C.[Cl-]. The number of diazo groups is 1. The highest BCUT2D eigenvalue weighted by Crippen LogP contribution is 2.21. The molecule has 0 aromatic heterocycles. The summed E-state index contributed by atoms with van der Waals surface area (Å²) in [7, 11) is 0. The molecule has 3 nitrogen and oxygen atoms in total. The molecule has 0 aliphatic carbocycles. The summed E-state index contributed by atoms with van der Waals surface area (Å²) in [5, 5.41) is 11.7. The molecular weight excluding hydrogens is 186 g/mol. The summed E-state index contributed by atoms with van der Waals surface area (Å²) < 4.78 is 0. The first-order valence-electron chi connectivity index (χ1n) is 3.97. The smallest absolute Gasteiger partial charge is 0.385 e. The maximum Gasteiger partial charge on any atom is 0.385 e. The van der Waals surface area contributed by atoms with E-state index in [4.69, 9.17) is 5.39 Å². The number of nitrogens with one attached hydrogen (secondary N) is 1. The second kappa shape index (κ2) is 5.39. The molecule has 0 atom stereocenters. The fourth-order valence-electron chi connectivity index (χ4n) is 1.10. The van der Waals surface area contributed by atoms with Gasteiger partial charge in [0.2, 0.25) is 5.39 Å². The Balaban J connectivity index is 0.00000144. The van der Waals surface area contributed by atoms with Gasteiger partial charge in [0.15, 0.2) is 4.98 Å². The van der Waals surface area contributed by atoms with Crippen LogP contribution < -0.4 is 17.7 Å². The van der Waals surface area contributed by atoms with Crippen LogP contribution in [-0.4, -0.2) is 6.54 Å². The van der Waals surface area contributed by atoms with Crippen molar-refractivity contribution in [3.8, 4) is 0 Å². The first-order chi connectivity index (χ1) is 5.77. The van der Waals surface area contributed by atoms with E-state index in [9.17, 15) is 0 Å². The standard InChI is InChI=1S/C9H12N3.ClH/c1-3-11-9-5-4-8(12-10)6-7(9)2;/h4-6,11H,3H2,1-2H3;1H/q+1;/p-1. The molecule has 1 aromatic rings. The van der Waals surface area contributed by atoms with E-state index < -0.39 is 0 Å². The van der Waals surface area contributed by atoms with Gasteiger partial charge >= 0.3 is 5.69 Å². The highest BCUT2D eigenvalue weighted by atomic mass is 35.5. The average molecular weight is 198 g/mol. The third-order valence-electron chi connectivity index (χ3n) is 1.69. The molecule has 0 spiro atoms. The molecule has 0 fully saturated rings. The number of benzene rings is 1. The molecule has 0 bridgehead atoms. The van der Waals surface area contributed by atoms with E-state index in [-0.39, 0.29) is 12.4 Å². The topological polar surface area (TPSA) is 40.2 Å². The van der Waals surface area contributed by atoms with Crippen LogP contribution in [0.3, 0.4) is 0 Å². The van der Waals surface area contributed by atoms with Gasteiger partial charge in [-0.25, -0.2) is 0 Å². The summed E-state index contributed by atoms with van der Waals surface area (Å²) >= 11 is 0. The fourth-order valence-corrected chi connectivity index (χ4v) is 1.10. The second-order valence-corrected chi connectivity index (χ2v) is 2.63. The van der Waals surface area contributed by atoms with Crippen molar-refractivity contribution in [1.29, 1.82) is 5.39 Å². The Kier molecular flexibility index (Phi) is 4.86. The minimum absolute atomic E-state index is 0. The Morgan fingerprint density at radius 1 is 1.46 bits per heavy atom. The van der Waals surface area contributed by atoms with Gasteiger partial charge in [0.1, 0.15) is 0 Å². The number of anilines is 1. The Bertz CT molecular complexity index is 317. The summed E-state index contributed by atoms with van der Waals surface area (Å²) in [6, 6.07) is 5.51. The van der Waals surface area contributed by atoms with Gasteiger partial charge in [0, 0.05) is 24.4 Å². The number of nitrogens with zero attached hydrogens (tertiary/aromatic N) is 2. The predicted octanol–water partition coefficient (Wildman–Crippen LogP) is -0.0846. The molecule has 0 aliphatic rings. The van der Waals surface area contributed by atoms with E-state index in [1.54, 1.807) is 6.07 Å². The lowest BCUT2D eigenvalue weighted by Gasteiger charge is -2.03. The monoisotopic (exact) mass is 197 g/mol. The van der Waals surface area contributed by atoms with Crippen molar-refractivity contribution in [1.82, 2.24) is 0 Å². The van der Waals surface area contributed by atoms with Gasteiger partial charge in [-0.1, -0.05) is 0 Å². The normalized spacial score (nSPS) is 8.38. The van der Waals surface area contributed by atoms with E-state index in [0.29, 0.717) is 5.69 Å². The molecule has 4 heteroatoms. The third-order valence-corrected chi connectivity index (χ3v) is 1.69. The number of hydrogen-bond acceptors (Lipinski definition) is 2. The first-order valence-corrected chi connectivity index (χ1v) is 3.97. The summed E-state index contributed by atoms with van der Waals surface area (Å²) in [5.41, 5.74) is 2.77. The van der Waals surface area contributed by atoms with Crippen LogP contribution in [0, 0.1) is 12.3 Å². The van der Waals surface area contributed by atoms with Crippen molar-refractivity contribution >= 4 is 11.4 Å². The van der Waals surface area contributed by atoms with Crippen LogP contribution in [-0.2, 0) is 0 Å². The zero-order chi connectivity index (χ0) is 8.97. The highest BCUT2D eigenvalue weighted by molar-refractivity contribution is 5.59. The molecular formula is C9H12ClN3. The second-order valence-electron chi connectivity index (χ2n) is 2.63. The van der Waals surface area contributed by atoms with Gasteiger partial charge < -0.3 is 17.7 Å². The van der Waals surface area contributed by atoms with Crippen LogP contribution >= 0.6 is 0 Å². The molecule has 1 N–H and O–H groups in total. The van der Waals surface area contributed by atoms with Crippen LogP contribution in [0.25, 0.3) is 4.98 Å². The molecule has 70 valence electrons. The summed E-state index contributed by atoms with van der Waals surface area (Å²) in [5.74, 6) is 0. The predicted molar refractivity (Wildman–Crippen MR) is 50.1 cm³/mol. The van der Waals surface area contributed by atoms with Crippen LogP contribution in [0.5, 0.6) is 0 Å². The minimum atomic E-state index is 0. The van der Waals surface area contributed by atoms with Crippen molar-refractivity contribution in [3.05, 3.63) is 28.7 Å². The summed E-state index contributed by atoms with van der Waals surface area (Å²) in [6.45, 7) is 4.92. The van der Waals surface area contributed by atoms with Crippen molar-refractivity contribution in [2.75, 3.05) is 11.9 Å². The summed E-state index contributed by atoms with van der Waals surface area (Å²) in [4.78, 5) is 3.10. The van der Waals surface area contributed by atoms with Gasteiger partial charge in [-0.15, -0.1) is 0 Å². The molecule has 0 saturated heterocycles. The quantitative estimate of drug-likeness (QED) is 0.674. The minimum Gasteiger partial charge on any atom is -1.00 e. The van der Waals surface area contributed by atoms with E-state index in [1.165, 1.54) is 0 Å². The van der Waals surface area contributed by atoms with E-state index >= 15 is 0 Å². The van der Waals surface area contributed by atoms with Crippen LogP contribution in [0.15, 0.2) is 18.2 Å². The lowest BCUT2D eigenvalue weighted by Crippen LogP contribution is -3.00. The van der Waals surface area contributed by atoms with E-state index in [1.807, 2.05) is 26.0 Å². The Labute approximate surface area is 84.2 Å². The number of hydrogen-bond donors (Lipinski definition) is 1. The van der Waals surface area contributed by atoms with Crippen LogP contribution in [0.2, 0.25) is 0 Å². The molecule has 0 aliphatic heterocycles. The molecule has 13 heavy (non-hydrogen) atoms. The van der Waals surface area contributed by atoms with E-state index in [0.717, 1.165) is 17.8 Å². The highest BCUT2D eigenvalue weighted by Gasteiger charge is 2.05. The molecule has 0 heterocycles.